The lowest BCUT2D eigenvalue weighted by Crippen LogP contribution is -2.33. The monoisotopic (exact) mass is 231 g/mol. The van der Waals surface area contributed by atoms with Crippen LogP contribution >= 0.6 is 0 Å². The Morgan fingerprint density at radius 2 is 2.24 bits per heavy atom. The summed E-state index contributed by atoms with van der Waals surface area (Å²) >= 11 is 0. The molecule has 0 radical (unpaired) electrons. The Morgan fingerprint density at radius 1 is 1.41 bits per heavy atom. The molecular formula is C14H17NO2. The summed E-state index contributed by atoms with van der Waals surface area (Å²) in [5.41, 5.74) is 2.50. The number of aryl methyl sites for hydroxylation is 1. The van der Waals surface area contributed by atoms with Crippen LogP contribution in [0.15, 0.2) is 18.2 Å². The number of hydrogen-bond acceptors (Lipinski definition) is 2. The highest BCUT2D eigenvalue weighted by molar-refractivity contribution is 5.94. The van der Waals surface area contributed by atoms with E-state index in [2.05, 4.69) is 4.90 Å². The number of fused-ring (bicyclic) bond motifs is 2. The highest BCUT2D eigenvalue weighted by Gasteiger charge is 2.38. The second-order valence-corrected chi connectivity index (χ2v) is 5.31. The molecule has 2 unspecified atom stereocenters. The van der Waals surface area contributed by atoms with Gasteiger partial charge in [-0.15, -0.1) is 0 Å². The molecule has 2 aliphatic rings. The molecule has 1 saturated heterocycles. The van der Waals surface area contributed by atoms with Gasteiger partial charge in [-0.25, -0.2) is 4.79 Å². The van der Waals surface area contributed by atoms with Crippen molar-refractivity contribution < 1.29 is 9.90 Å². The van der Waals surface area contributed by atoms with Gasteiger partial charge in [-0.3, -0.25) is 0 Å². The molecule has 2 atom stereocenters. The number of aromatic carboxylic acids is 1. The molecule has 1 aliphatic heterocycles. The van der Waals surface area contributed by atoms with E-state index in [1.807, 2.05) is 19.1 Å². The third-order valence-electron chi connectivity index (χ3n) is 4.10. The Bertz CT molecular complexity index is 469. The molecule has 0 aromatic heterocycles. The van der Waals surface area contributed by atoms with E-state index >= 15 is 0 Å². The molecule has 1 aliphatic carbocycles. The molecule has 1 aromatic rings. The number of rotatable bonds is 2. The molecular weight excluding hydrogens is 214 g/mol. The number of piperidine rings is 1. The number of hydrogen-bond donors (Lipinski definition) is 1. The first-order chi connectivity index (χ1) is 8.15. The van der Waals surface area contributed by atoms with Crippen molar-refractivity contribution >= 4 is 11.7 Å². The maximum atomic E-state index is 11.3. The number of carboxylic acid groups (broad SMARTS) is 1. The minimum absolute atomic E-state index is 0.447. The van der Waals surface area contributed by atoms with Gasteiger partial charge in [-0.05, 0) is 49.8 Å². The summed E-state index contributed by atoms with van der Waals surface area (Å²) in [6, 6.07) is 6.20. The molecule has 1 saturated carbocycles. The van der Waals surface area contributed by atoms with Gasteiger partial charge < -0.3 is 10.0 Å². The van der Waals surface area contributed by atoms with Gasteiger partial charge in [0.25, 0.3) is 0 Å². The number of nitrogens with zero attached hydrogens (tertiary/aromatic N) is 1. The number of anilines is 1. The summed E-state index contributed by atoms with van der Waals surface area (Å²) in [6.45, 7) is 3.05. The largest absolute Gasteiger partial charge is 0.478 e. The summed E-state index contributed by atoms with van der Waals surface area (Å²) in [4.78, 5) is 13.6. The predicted octanol–water partition coefficient (Wildman–Crippen LogP) is 2.68. The van der Waals surface area contributed by atoms with Gasteiger partial charge in [0, 0.05) is 12.6 Å². The second-order valence-electron chi connectivity index (χ2n) is 5.31. The molecule has 0 amide bonds. The third-order valence-corrected chi connectivity index (χ3v) is 4.10. The van der Waals surface area contributed by atoms with Crippen LogP contribution in [0.25, 0.3) is 0 Å². The fourth-order valence-electron chi connectivity index (χ4n) is 3.28. The van der Waals surface area contributed by atoms with Crippen LogP contribution in [-0.4, -0.2) is 23.7 Å². The molecule has 0 spiro atoms. The average molecular weight is 231 g/mol. The lowest BCUT2D eigenvalue weighted by molar-refractivity contribution is 0.0697. The molecule has 3 rings (SSSR count). The van der Waals surface area contributed by atoms with Crippen molar-refractivity contribution in [3.05, 3.63) is 29.3 Å². The molecule has 2 bridgehead atoms. The van der Waals surface area contributed by atoms with Crippen molar-refractivity contribution in [1.82, 2.24) is 0 Å². The predicted molar refractivity (Wildman–Crippen MR) is 66.6 cm³/mol. The van der Waals surface area contributed by atoms with Crippen LogP contribution < -0.4 is 4.90 Å². The smallest absolute Gasteiger partial charge is 0.337 e. The average Bonchev–Trinajstić information content (AvgIpc) is 2.90. The fourth-order valence-corrected chi connectivity index (χ4v) is 3.28. The zero-order chi connectivity index (χ0) is 12.0. The molecule has 17 heavy (non-hydrogen) atoms. The maximum Gasteiger partial charge on any atom is 0.337 e. The molecule has 1 aromatic carbocycles. The van der Waals surface area contributed by atoms with Gasteiger partial charge in [-0.2, -0.15) is 0 Å². The van der Waals surface area contributed by atoms with E-state index in [9.17, 15) is 9.90 Å². The van der Waals surface area contributed by atoms with Gasteiger partial charge in [0.1, 0.15) is 0 Å². The molecule has 3 nitrogen and oxygen atoms in total. The quantitative estimate of drug-likeness (QED) is 0.850. The summed E-state index contributed by atoms with van der Waals surface area (Å²) in [7, 11) is 0. The maximum absolute atomic E-state index is 11.3. The number of carboxylic acids is 1. The van der Waals surface area contributed by atoms with Crippen molar-refractivity contribution in [2.45, 2.75) is 32.2 Å². The zero-order valence-electron chi connectivity index (χ0n) is 10.0. The van der Waals surface area contributed by atoms with Crippen molar-refractivity contribution in [2.24, 2.45) is 5.92 Å². The minimum Gasteiger partial charge on any atom is -0.478 e. The van der Waals surface area contributed by atoms with E-state index in [4.69, 9.17) is 0 Å². The van der Waals surface area contributed by atoms with Gasteiger partial charge in [0.05, 0.1) is 11.3 Å². The Labute approximate surface area is 101 Å². The summed E-state index contributed by atoms with van der Waals surface area (Å²) in [5, 5.41) is 9.26. The molecule has 3 heteroatoms. The van der Waals surface area contributed by atoms with Crippen molar-refractivity contribution in [3.8, 4) is 0 Å². The van der Waals surface area contributed by atoms with Gasteiger partial charge in [0.2, 0.25) is 0 Å². The van der Waals surface area contributed by atoms with Crippen LogP contribution in [0.3, 0.4) is 0 Å². The SMILES string of the molecule is Cc1ccc(C(=O)O)c(N2CC3CCC2C3)c1. The lowest BCUT2D eigenvalue weighted by atomic mass is 10.1. The second kappa shape index (κ2) is 3.76. The topological polar surface area (TPSA) is 40.5 Å². The lowest BCUT2D eigenvalue weighted by Gasteiger charge is -2.30. The normalized spacial score (nSPS) is 26.5. The number of carbonyl (C=O) groups is 1. The van der Waals surface area contributed by atoms with Crippen LogP contribution in [-0.2, 0) is 0 Å². The van der Waals surface area contributed by atoms with E-state index in [1.54, 1.807) is 6.07 Å². The first-order valence-corrected chi connectivity index (χ1v) is 6.26. The first kappa shape index (κ1) is 10.6. The fraction of sp³-hybridized carbons (Fsp3) is 0.500. The zero-order valence-corrected chi connectivity index (χ0v) is 10.0. The van der Waals surface area contributed by atoms with Gasteiger partial charge >= 0.3 is 5.97 Å². The minimum atomic E-state index is -0.817. The van der Waals surface area contributed by atoms with Crippen LogP contribution in [0.1, 0.15) is 35.2 Å². The van der Waals surface area contributed by atoms with Gasteiger partial charge in [0.15, 0.2) is 0 Å². The summed E-state index contributed by atoms with van der Waals surface area (Å²) < 4.78 is 0. The van der Waals surface area contributed by atoms with E-state index in [-0.39, 0.29) is 0 Å². The standard InChI is InChI=1S/C14H17NO2/c1-9-2-5-12(14(16)17)13(6-9)15-8-10-3-4-11(15)7-10/h2,5-6,10-11H,3-4,7-8H2,1H3,(H,16,17). The Hall–Kier alpha value is -1.51. The van der Waals surface area contributed by atoms with E-state index in [0.29, 0.717) is 11.6 Å². The Morgan fingerprint density at radius 3 is 2.82 bits per heavy atom. The van der Waals surface area contributed by atoms with Gasteiger partial charge in [-0.1, -0.05) is 6.07 Å². The van der Waals surface area contributed by atoms with E-state index < -0.39 is 5.97 Å². The van der Waals surface area contributed by atoms with E-state index in [0.717, 1.165) is 23.7 Å². The third kappa shape index (κ3) is 1.70. The highest BCUT2D eigenvalue weighted by Crippen LogP contribution is 2.41. The van der Waals surface area contributed by atoms with Crippen LogP contribution in [0, 0.1) is 12.8 Å². The highest BCUT2D eigenvalue weighted by atomic mass is 16.4. The Kier molecular flexibility index (Phi) is 2.35. The summed E-state index contributed by atoms with van der Waals surface area (Å²) in [5.74, 6) is -0.0371. The van der Waals surface area contributed by atoms with Crippen LogP contribution in [0.4, 0.5) is 5.69 Å². The van der Waals surface area contributed by atoms with Crippen LogP contribution in [0.2, 0.25) is 0 Å². The molecule has 1 heterocycles. The van der Waals surface area contributed by atoms with Crippen molar-refractivity contribution in [1.29, 1.82) is 0 Å². The molecule has 2 fully saturated rings. The summed E-state index contributed by atoms with van der Waals surface area (Å²) in [6.07, 6.45) is 3.78. The van der Waals surface area contributed by atoms with Crippen molar-refractivity contribution in [3.63, 3.8) is 0 Å². The van der Waals surface area contributed by atoms with Crippen molar-refractivity contribution in [2.75, 3.05) is 11.4 Å². The van der Waals surface area contributed by atoms with E-state index in [1.165, 1.54) is 19.3 Å². The number of benzene rings is 1. The van der Waals surface area contributed by atoms with Crippen LogP contribution in [0.5, 0.6) is 0 Å². The first-order valence-electron chi connectivity index (χ1n) is 6.26. The molecule has 1 N–H and O–H groups in total. The Balaban J connectivity index is 2.01. The molecule has 90 valence electrons.